The molecule has 6 heteroatoms. The van der Waals surface area contributed by atoms with Gasteiger partial charge in [-0.15, -0.1) is 0 Å². The lowest BCUT2D eigenvalue weighted by Crippen LogP contribution is -2.51. The first-order valence-corrected chi connectivity index (χ1v) is 11.5. The number of nitrogens with zero attached hydrogens (tertiary/aromatic N) is 2. The number of aliphatic hydroxyl groups is 1. The van der Waals surface area contributed by atoms with Crippen molar-refractivity contribution in [3.05, 3.63) is 107 Å². The number of hydrogen-bond acceptors (Lipinski definition) is 4. The van der Waals surface area contributed by atoms with Crippen LogP contribution in [-0.4, -0.2) is 46.0 Å². The molecule has 2 aliphatic rings. The molecule has 6 nitrogen and oxygen atoms in total. The number of benzene rings is 2. The number of pyridine rings is 1. The standard InChI is InChI=1S/C28H27N3O3/c1-2-19-9-11-20(12-10-19)27(34)31-16-13-28(14-17-31)23-8-4-3-7-22(23)24(25(28)32)30-26(33)21-6-5-15-29-18-21/h2-12,15,18,24-25,32H,1,13-14,16-17H2,(H,30,33)/t24-,25+/m1/s1. The molecule has 34 heavy (non-hydrogen) atoms. The van der Waals surface area contributed by atoms with Crippen molar-refractivity contribution in [3.63, 3.8) is 0 Å². The molecule has 1 aromatic heterocycles. The smallest absolute Gasteiger partial charge is 0.253 e. The first-order valence-electron chi connectivity index (χ1n) is 11.5. The van der Waals surface area contributed by atoms with E-state index in [1.807, 2.05) is 53.4 Å². The second kappa shape index (κ2) is 8.88. The highest BCUT2D eigenvalue weighted by Gasteiger charge is 2.53. The molecule has 0 bridgehead atoms. The van der Waals surface area contributed by atoms with E-state index >= 15 is 0 Å². The number of likely N-dealkylation sites (tertiary alicyclic amines) is 1. The van der Waals surface area contributed by atoms with Crippen molar-refractivity contribution in [2.45, 2.75) is 30.4 Å². The zero-order valence-corrected chi connectivity index (χ0v) is 18.9. The Bertz CT molecular complexity index is 1220. The number of amides is 2. The Hall–Kier alpha value is -3.77. The third kappa shape index (κ3) is 3.70. The minimum atomic E-state index is -0.783. The number of hydrogen-bond donors (Lipinski definition) is 2. The van der Waals surface area contributed by atoms with E-state index < -0.39 is 17.6 Å². The maximum Gasteiger partial charge on any atom is 0.253 e. The second-order valence-corrected chi connectivity index (χ2v) is 9.00. The summed E-state index contributed by atoms with van der Waals surface area (Å²) in [6, 6.07) is 18.2. The molecule has 2 aromatic carbocycles. The fourth-order valence-electron chi connectivity index (χ4n) is 5.37. The fraction of sp³-hybridized carbons (Fsp3) is 0.250. The molecule has 2 heterocycles. The monoisotopic (exact) mass is 453 g/mol. The quantitative estimate of drug-likeness (QED) is 0.631. The van der Waals surface area contributed by atoms with Crippen molar-refractivity contribution < 1.29 is 14.7 Å². The number of nitrogens with one attached hydrogen (secondary N) is 1. The lowest BCUT2D eigenvalue weighted by molar-refractivity contribution is 0.0199. The molecule has 1 fully saturated rings. The normalized spacial score (nSPS) is 20.6. The topological polar surface area (TPSA) is 82.5 Å². The van der Waals surface area contributed by atoms with Gasteiger partial charge in [0.25, 0.3) is 11.8 Å². The van der Waals surface area contributed by atoms with Crippen LogP contribution in [0.5, 0.6) is 0 Å². The van der Waals surface area contributed by atoms with E-state index in [9.17, 15) is 14.7 Å². The summed E-state index contributed by atoms with van der Waals surface area (Å²) in [5, 5.41) is 14.6. The van der Waals surface area contributed by atoms with Gasteiger partial charge in [0.05, 0.1) is 17.7 Å². The molecule has 1 spiro atoms. The van der Waals surface area contributed by atoms with Crippen LogP contribution in [0, 0.1) is 0 Å². The number of aromatic nitrogens is 1. The molecule has 2 amide bonds. The van der Waals surface area contributed by atoms with Gasteiger partial charge >= 0.3 is 0 Å². The Morgan fingerprint density at radius 3 is 2.44 bits per heavy atom. The third-order valence-electron chi connectivity index (χ3n) is 7.26. The SMILES string of the molecule is C=Cc1ccc(C(=O)N2CCC3(CC2)c2ccccc2[C@@H](NC(=O)c2cccnc2)[C@@H]3O)cc1. The highest BCUT2D eigenvalue weighted by Crippen LogP contribution is 2.51. The van der Waals surface area contributed by atoms with Gasteiger partial charge in [-0.2, -0.15) is 0 Å². The minimum Gasteiger partial charge on any atom is -0.390 e. The van der Waals surface area contributed by atoms with E-state index in [0.29, 0.717) is 37.1 Å². The van der Waals surface area contributed by atoms with Gasteiger partial charge in [-0.05, 0) is 53.8 Å². The van der Waals surface area contributed by atoms with Gasteiger partial charge in [-0.25, -0.2) is 0 Å². The van der Waals surface area contributed by atoms with Crippen molar-refractivity contribution >= 4 is 17.9 Å². The molecular weight excluding hydrogens is 426 g/mol. The molecular formula is C28H27N3O3. The van der Waals surface area contributed by atoms with Gasteiger partial charge < -0.3 is 15.3 Å². The van der Waals surface area contributed by atoms with Crippen LogP contribution in [0.4, 0.5) is 0 Å². The van der Waals surface area contributed by atoms with Gasteiger partial charge in [-0.3, -0.25) is 14.6 Å². The van der Waals surface area contributed by atoms with Crippen molar-refractivity contribution in [3.8, 4) is 0 Å². The van der Waals surface area contributed by atoms with E-state index in [2.05, 4.69) is 16.9 Å². The summed E-state index contributed by atoms with van der Waals surface area (Å²) in [5.41, 5.74) is 3.56. The largest absolute Gasteiger partial charge is 0.390 e. The van der Waals surface area contributed by atoms with Crippen LogP contribution in [0.2, 0.25) is 0 Å². The molecule has 0 unspecified atom stereocenters. The Kier molecular flexibility index (Phi) is 5.75. The Labute approximate surface area is 199 Å². The lowest BCUT2D eigenvalue weighted by Gasteiger charge is -2.42. The molecule has 1 aliphatic heterocycles. The number of piperidine rings is 1. The maximum atomic E-state index is 13.1. The lowest BCUT2D eigenvalue weighted by atomic mass is 9.72. The maximum absolute atomic E-state index is 13.1. The summed E-state index contributed by atoms with van der Waals surface area (Å²) < 4.78 is 0. The van der Waals surface area contributed by atoms with E-state index in [1.54, 1.807) is 24.4 Å². The van der Waals surface area contributed by atoms with Gasteiger partial charge in [0, 0.05) is 36.5 Å². The van der Waals surface area contributed by atoms with E-state index in [4.69, 9.17) is 0 Å². The minimum absolute atomic E-state index is 0.00679. The number of carbonyl (C=O) groups is 2. The zero-order valence-electron chi connectivity index (χ0n) is 18.9. The second-order valence-electron chi connectivity index (χ2n) is 9.00. The fourth-order valence-corrected chi connectivity index (χ4v) is 5.37. The highest BCUT2D eigenvalue weighted by molar-refractivity contribution is 5.95. The summed E-state index contributed by atoms with van der Waals surface area (Å²) in [5.74, 6) is -0.271. The predicted octanol–water partition coefficient (Wildman–Crippen LogP) is 3.74. The number of aliphatic hydroxyl groups excluding tert-OH is 1. The number of fused-ring (bicyclic) bond motifs is 2. The molecule has 0 saturated carbocycles. The molecule has 5 rings (SSSR count). The molecule has 1 saturated heterocycles. The Balaban J connectivity index is 1.36. The molecule has 2 atom stereocenters. The van der Waals surface area contributed by atoms with E-state index in [-0.39, 0.29) is 11.8 Å². The predicted molar refractivity (Wildman–Crippen MR) is 130 cm³/mol. The first-order chi connectivity index (χ1) is 16.5. The van der Waals surface area contributed by atoms with E-state index in [0.717, 1.165) is 16.7 Å². The van der Waals surface area contributed by atoms with Crippen LogP contribution in [0.15, 0.2) is 79.6 Å². The van der Waals surface area contributed by atoms with Crippen LogP contribution < -0.4 is 5.32 Å². The zero-order chi connectivity index (χ0) is 23.7. The molecule has 0 radical (unpaired) electrons. The van der Waals surface area contributed by atoms with Gasteiger partial charge in [0.1, 0.15) is 0 Å². The van der Waals surface area contributed by atoms with Crippen LogP contribution >= 0.6 is 0 Å². The molecule has 172 valence electrons. The van der Waals surface area contributed by atoms with Gasteiger partial charge in [0.15, 0.2) is 0 Å². The van der Waals surface area contributed by atoms with Crippen LogP contribution in [-0.2, 0) is 5.41 Å². The highest BCUT2D eigenvalue weighted by atomic mass is 16.3. The van der Waals surface area contributed by atoms with Crippen molar-refractivity contribution in [2.75, 3.05) is 13.1 Å². The summed E-state index contributed by atoms with van der Waals surface area (Å²) in [4.78, 5) is 31.8. The average molecular weight is 454 g/mol. The van der Waals surface area contributed by atoms with Gasteiger partial charge in [-0.1, -0.05) is 49.1 Å². The first kappa shape index (κ1) is 22.0. The summed E-state index contributed by atoms with van der Waals surface area (Å²) >= 11 is 0. The average Bonchev–Trinajstić information content (AvgIpc) is 3.12. The number of carbonyl (C=O) groups excluding carboxylic acids is 2. The van der Waals surface area contributed by atoms with Crippen LogP contribution in [0.25, 0.3) is 6.08 Å². The third-order valence-corrected chi connectivity index (χ3v) is 7.26. The van der Waals surface area contributed by atoms with Crippen LogP contribution in [0.1, 0.15) is 56.3 Å². The Morgan fingerprint density at radius 2 is 1.76 bits per heavy atom. The Morgan fingerprint density at radius 1 is 1.03 bits per heavy atom. The number of rotatable bonds is 4. The van der Waals surface area contributed by atoms with Crippen molar-refractivity contribution in [1.29, 1.82) is 0 Å². The molecule has 1 aliphatic carbocycles. The molecule has 3 aromatic rings. The van der Waals surface area contributed by atoms with Crippen molar-refractivity contribution in [2.24, 2.45) is 0 Å². The summed E-state index contributed by atoms with van der Waals surface area (Å²) in [7, 11) is 0. The van der Waals surface area contributed by atoms with Crippen LogP contribution in [0.3, 0.4) is 0 Å². The van der Waals surface area contributed by atoms with Crippen molar-refractivity contribution in [1.82, 2.24) is 15.2 Å². The molecule has 2 N–H and O–H groups in total. The summed E-state index contributed by atoms with van der Waals surface area (Å²) in [6.45, 7) is 4.83. The van der Waals surface area contributed by atoms with E-state index in [1.165, 1.54) is 6.20 Å². The van der Waals surface area contributed by atoms with Gasteiger partial charge in [0.2, 0.25) is 0 Å². The summed E-state index contributed by atoms with van der Waals surface area (Å²) in [6.07, 6.45) is 5.36.